The van der Waals surface area contributed by atoms with E-state index in [-0.39, 0.29) is 5.91 Å². The lowest BCUT2D eigenvalue weighted by molar-refractivity contribution is -0.116. The van der Waals surface area contributed by atoms with Gasteiger partial charge in [-0.15, -0.1) is 0 Å². The lowest BCUT2D eigenvalue weighted by atomic mass is 10.2. The van der Waals surface area contributed by atoms with Gasteiger partial charge in [-0.2, -0.15) is 0 Å². The Bertz CT molecular complexity index is 426. The van der Waals surface area contributed by atoms with Gasteiger partial charge in [0.1, 0.15) is 0 Å². The van der Waals surface area contributed by atoms with Gasteiger partial charge in [0.05, 0.1) is 6.10 Å². The maximum Gasteiger partial charge on any atom is 0.224 e. The third-order valence-corrected chi connectivity index (χ3v) is 3.39. The van der Waals surface area contributed by atoms with E-state index in [0.717, 1.165) is 18.8 Å². The number of anilines is 2. The molecular formula is C15H22N2O2. The molecule has 0 aliphatic carbocycles. The van der Waals surface area contributed by atoms with Crippen molar-refractivity contribution in [3.8, 4) is 0 Å². The van der Waals surface area contributed by atoms with Gasteiger partial charge < -0.3 is 15.3 Å². The highest BCUT2D eigenvalue weighted by molar-refractivity contribution is 5.91. The molecule has 1 aliphatic heterocycles. The highest BCUT2D eigenvalue weighted by atomic mass is 16.3. The number of carbonyl (C=O) groups excluding carboxylic acids is 1. The molecule has 4 heteroatoms. The van der Waals surface area contributed by atoms with Crippen molar-refractivity contribution in [3.63, 3.8) is 0 Å². The molecule has 4 nitrogen and oxygen atoms in total. The topological polar surface area (TPSA) is 52.6 Å². The number of benzene rings is 1. The molecule has 1 atom stereocenters. The Hall–Kier alpha value is -1.55. The minimum atomic E-state index is -0.429. The summed E-state index contributed by atoms with van der Waals surface area (Å²) in [4.78, 5) is 14.1. The fourth-order valence-corrected chi connectivity index (χ4v) is 2.32. The Kier molecular flexibility index (Phi) is 4.80. The van der Waals surface area contributed by atoms with Crippen LogP contribution in [0.4, 0.5) is 11.4 Å². The molecule has 19 heavy (non-hydrogen) atoms. The molecule has 0 bridgehead atoms. The maximum absolute atomic E-state index is 11.7. The maximum atomic E-state index is 11.7. The van der Waals surface area contributed by atoms with Gasteiger partial charge in [0, 0.05) is 30.9 Å². The highest BCUT2D eigenvalue weighted by Gasteiger charge is 2.12. The van der Waals surface area contributed by atoms with Crippen molar-refractivity contribution in [1.29, 1.82) is 0 Å². The van der Waals surface area contributed by atoms with Crippen LogP contribution >= 0.6 is 0 Å². The molecule has 0 aromatic heterocycles. The second-order valence-electron chi connectivity index (χ2n) is 5.18. The number of nitrogens with zero attached hydrogens (tertiary/aromatic N) is 1. The van der Waals surface area contributed by atoms with Crippen LogP contribution in [0.5, 0.6) is 0 Å². The lowest BCUT2D eigenvalue weighted by Gasteiger charge is -2.18. The Morgan fingerprint density at radius 2 is 2.16 bits per heavy atom. The van der Waals surface area contributed by atoms with Gasteiger partial charge in [-0.25, -0.2) is 0 Å². The van der Waals surface area contributed by atoms with Gasteiger partial charge in [-0.1, -0.05) is 6.07 Å². The zero-order valence-electron chi connectivity index (χ0n) is 11.4. The molecule has 1 aliphatic rings. The summed E-state index contributed by atoms with van der Waals surface area (Å²) in [6.45, 7) is 3.89. The fourth-order valence-electron chi connectivity index (χ4n) is 2.32. The van der Waals surface area contributed by atoms with Crippen molar-refractivity contribution in [2.75, 3.05) is 23.3 Å². The monoisotopic (exact) mass is 262 g/mol. The van der Waals surface area contributed by atoms with Crippen LogP contribution < -0.4 is 10.2 Å². The van der Waals surface area contributed by atoms with Crippen LogP contribution in [-0.4, -0.2) is 30.2 Å². The predicted molar refractivity (Wildman–Crippen MR) is 77.4 cm³/mol. The third kappa shape index (κ3) is 4.24. The molecule has 1 aromatic rings. The molecule has 1 saturated heterocycles. The molecule has 1 heterocycles. The largest absolute Gasteiger partial charge is 0.393 e. The zero-order valence-corrected chi connectivity index (χ0v) is 11.4. The van der Waals surface area contributed by atoms with Crippen LogP contribution in [0.3, 0.4) is 0 Å². The lowest BCUT2D eigenvalue weighted by Crippen LogP contribution is -2.18. The van der Waals surface area contributed by atoms with Gasteiger partial charge in [0.25, 0.3) is 0 Å². The van der Waals surface area contributed by atoms with E-state index in [1.54, 1.807) is 6.92 Å². The second-order valence-corrected chi connectivity index (χ2v) is 5.18. The number of hydrogen-bond donors (Lipinski definition) is 2. The molecular weight excluding hydrogens is 240 g/mol. The van der Waals surface area contributed by atoms with E-state index in [2.05, 4.69) is 16.3 Å². The second kappa shape index (κ2) is 6.57. The van der Waals surface area contributed by atoms with Crippen molar-refractivity contribution in [2.45, 2.75) is 38.7 Å². The number of aliphatic hydroxyl groups excluding tert-OH is 1. The Morgan fingerprint density at radius 1 is 1.42 bits per heavy atom. The summed E-state index contributed by atoms with van der Waals surface area (Å²) >= 11 is 0. The highest BCUT2D eigenvalue weighted by Crippen LogP contribution is 2.23. The normalized spacial score (nSPS) is 16.4. The van der Waals surface area contributed by atoms with Gasteiger partial charge in [0.2, 0.25) is 5.91 Å². The first-order chi connectivity index (χ1) is 9.15. The van der Waals surface area contributed by atoms with E-state index >= 15 is 0 Å². The van der Waals surface area contributed by atoms with Gasteiger partial charge in [0.15, 0.2) is 0 Å². The Balaban J connectivity index is 1.93. The quantitative estimate of drug-likeness (QED) is 0.856. The van der Waals surface area contributed by atoms with E-state index < -0.39 is 6.10 Å². The first-order valence-corrected chi connectivity index (χ1v) is 6.98. The van der Waals surface area contributed by atoms with E-state index in [9.17, 15) is 4.79 Å². The summed E-state index contributed by atoms with van der Waals surface area (Å²) in [5, 5.41) is 12.1. The van der Waals surface area contributed by atoms with Gasteiger partial charge in [-0.05, 0) is 44.4 Å². The van der Waals surface area contributed by atoms with E-state index in [0.29, 0.717) is 12.8 Å². The van der Waals surface area contributed by atoms with Crippen LogP contribution in [0.1, 0.15) is 32.6 Å². The van der Waals surface area contributed by atoms with E-state index in [4.69, 9.17) is 5.11 Å². The smallest absolute Gasteiger partial charge is 0.224 e. The fraction of sp³-hybridized carbons (Fsp3) is 0.533. The standard InChI is InChI=1S/C15H22N2O2/c1-12(18)7-8-15(19)16-13-5-4-6-14(11-13)17-9-2-3-10-17/h4-6,11-12,18H,2-3,7-10H2,1H3,(H,16,19). The Labute approximate surface area is 114 Å². The predicted octanol–water partition coefficient (Wildman–Crippen LogP) is 2.39. The summed E-state index contributed by atoms with van der Waals surface area (Å²) in [7, 11) is 0. The molecule has 1 unspecified atom stereocenters. The summed E-state index contributed by atoms with van der Waals surface area (Å²) in [6, 6.07) is 7.97. The summed E-state index contributed by atoms with van der Waals surface area (Å²) in [6.07, 6.45) is 2.90. The molecule has 2 rings (SSSR count). The van der Waals surface area contributed by atoms with Gasteiger partial charge in [-0.3, -0.25) is 4.79 Å². The van der Waals surface area contributed by atoms with E-state index in [1.807, 2.05) is 18.2 Å². The molecule has 2 N–H and O–H groups in total. The van der Waals surface area contributed by atoms with Crippen LogP contribution in [0.25, 0.3) is 0 Å². The van der Waals surface area contributed by atoms with Crippen LogP contribution in [0, 0.1) is 0 Å². The molecule has 0 radical (unpaired) electrons. The molecule has 0 saturated carbocycles. The van der Waals surface area contributed by atoms with Crippen molar-refractivity contribution in [1.82, 2.24) is 0 Å². The first-order valence-electron chi connectivity index (χ1n) is 6.98. The molecule has 1 amide bonds. The van der Waals surface area contributed by atoms with Crippen molar-refractivity contribution in [3.05, 3.63) is 24.3 Å². The van der Waals surface area contributed by atoms with Crippen LogP contribution in [0.2, 0.25) is 0 Å². The minimum Gasteiger partial charge on any atom is -0.393 e. The minimum absolute atomic E-state index is 0.0422. The SMILES string of the molecule is CC(O)CCC(=O)Nc1cccc(N2CCCC2)c1. The molecule has 1 aromatic carbocycles. The van der Waals surface area contributed by atoms with E-state index in [1.165, 1.54) is 18.5 Å². The first kappa shape index (κ1) is 13.9. The van der Waals surface area contributed by atoms with Crippen molar-refractivity contribution >= 4 is 17.3 Å². The number of rotatable bonds is 5. The zero-order chi connectivity index (χ0) is 13.7. The molecule has 0 spiro atoms. The van der Waals surface area contributed by atoms with Gasteiger partial charge >= 0.3 is 0 Å². The average molecular weight is 262 g/mol. The summed E-state index contributed by atoms with van der Waals surface area (Å²) in [5.74, 6) is -0.0422. The third-order valence-electron chi connectivity index (χ3n) is 3.39. The molecule has 104 valence electrons. The number of hydrogen-bond acceptors (Lipinski definition) is 3. The number of carbonyl (C=O) groups is 1. The average Bonchev–Trinajstić information content (AvgIpc) is 2.90. The Morgan fingerprint density at radius 3 is 2.84 bits per heavy atom. The van der Waals surface area contributed by atoms with Crippen LogP contribution in [-0.2, 0) is 4.79 Å². The van der Waals surface area contributed by atoms with Crippen molar-refractivity contribution in [2.24, 2.45) is 0 Å². The van der Waals surface area contributed by atoms with Crippen molar-refractivity contribution < 1.29 is 9.90 Å². The summed E-state index contributed by atoms with van der Waals surface area (Å²) < 4.78 is 0. The van der Waals surface area contributed by atoms with Crippen LogP contribution in [0.15, 0.2) is 24.3 Å². The number of nitrogens with one attached hydrogen (secondary N) is 1. The number of aliphatic hydroxyl groups is 1. The molecule has 1 fully saturated rings. The number of amides is 1. The summed E-state index contributed by atoms with van der Waals surface area (Å²) in [5.41, 5.74) is 2.01.